The summed E-state index contributed by atoms with van der Waals surface area (Å²) >= 11 is 0. The number of halogens is 3. The van der Waals surface area contributed by atoms with Gasteiger partial charge < -0.3 is 15.1 Å². The molecular weight excluding hydrogens is 423 g/mol. The second kappa shape index (κ2) is 9.87. The van der Waals surface area contributed by atoms with Crippen molar-refractivity contribution in [2.45, 2.75) is 64.3 Å². The first kappa shape index (κ1) is 24.6. The van der Waals surface area contributed by atoms with Crippen molar-refractivity contribution in [2.24, 2.45) is 5.92 Å². The molecule has 1 saturated carbocycles. The van der Waals surface area contributed by atoms with E-state index in [1.54, 1.807) is 26.8 Å². The standard InChI is InChI=1S/C23H34F3N3O3/c1-22(2,3)32-31-21(30)19-10-9-18(29-13-11-28(4)12-14-29)15-20(19)27-17-7-5-16(6-8-17)23(24,25)26/h9-10,15-17,27H,5-8,11-14H2,1-4H3. The summed E-state index contributed by atoms with van der Waals surface area (Å²) in [5.41, 5.74) is 1.20. The minimum Gasteiger partial charge on any atom is -0.382 e. The molecule has 180 valence electrons. The number of anilines is 2. The Morgan fingerprint density at radius 2 is 1.66 bits per heavy atom. The molecule has 1 aromatic carbocycles. The van der Waals surface area contributed by atoms with Crippen molar-refractivity contribution >= 4 is 17.3 Å². The maximum atomic E-state index is 13.0. The van der Waals surface area contributed by atoms with Gasteiger partial charge in [-0.3, -0.25) is 4.89 Å². The lowest BCUT2D eigenvalue weighted by molar-refractivity contribution is -0.301. The van der Waals surface area contributed by atoms with Crippen LogP contribution in [0, 0.1) is 5.92 Å². The highest BCUT2D eigenvalue weighted by atomic mass is 19.4. The van der Waals surface area contributed by atoms with Crippen molar-refractivity contribution in [1.82, 2.24) is 4.90 Å². The van der Waals surface area contributed by atoms with Crippen LogP contribution in [0.2, 0.25) is 0 Å². The number of benzene rings is 1. The molecule has 1 heterocycles. The molecule has 6 nitrogen and oxygen atoms in total. The zero-order chi connectivity index (χ0) is 23.5. The van der Waals surface area contributed by atoms with Gasteiger partial charge in [0.15, 0.2) is 0 Å². The largest absolute Gasteiger partial charge is 0.391 e. The fourth-order valence-corrected chi connectivity index (χ4v) is 4.08. The van der Waals surface area contributed by atoms with E-state index in [0.29, 0.717) is 24.1 Å². The highest BCUT2D eigenvalue weighted by Gasteiger charge is 2.41. The second-order valence-electron chi connectivity index (χ2n) is 9.82. The van der Waals surface area contributed by atoms with E-state index in [4.69, 9.17) is 9.78 Å². The number of rotatable bonds is 5. The van der Waals surface area contributed by atoms with E-state index in [2.05, 4.69) is 22.2 Å². The molecule has 1 aliphatic heterocycles. The Bertz CT molecular complexity index is 779. The summed E-state index contributed by atoms with van der Waals surface area (Å²) in [6.07, 6.45) is -3.17. The Balaban J connectivity index is 1.76. The molecule has 1 N–H and O–H groups in total. The highest BCUT2D eigenvalue weighted by Crippen LogP contribution is 2.38. The van der Waals surface area contributed by atoms with Crippen molar-refractivity contribution in [3.63, 3.8) is 0 Å². The van der Waals surface area contributed by atoms with Gasteiger partial charge in [-0.1, -0.05) is 0 Å². The van der Waals surface area contributed by atoms with Gasteiger partial charge in [0, 0.05) is 37.9 Å². The molecule has 3 rings (SSSR count). The Labute approximate surface area is 188 Å². The van der Waals surface area contributed by atoms with E-state index in [9.17, 15) is 18.0 Å². The van der Waals surface area contributed by atoms with E-state index >= 15 is 0 Å². The van der Waals surface area contributed by atoms with Gasteiger partial charge in [0.25, 0.3) is 0 Å². The zero-order valence-electron chi connectivity index (χ0n) is 19.3. The third kappa shape index (κ3) is 6.75. The molecule has 9 heteroatoms. The Morgan fingerprint density at radius 3 is 2.22 bits per heavy atom. The first-order valence-electron chi connectivity index (χ1n) is 11.2. The van der Waals surface area contributed by atoms with Crippen molar-refractivity contribution in [3.05, 3.63) is 23.8 Å². The number of likely N-dealkylation sites (N-methyl/N-ethyl adjacent to an activating group) is 1. The summed E-state index contributed by atoms with van der Waals surface area (Å²) in [4.78, 5) is 27.4. The van der Waals surface area contributed by atoms with Gasteiger partial charge in [0.1, 0.15) is 5.60 Å². The molecule has 0 aromatic heterocycles. The van der Waals surface area contributed by atoms with Crippen LogP contribution in [0.4, 0.5) is 24.5 Å². The third-order valence-corrected chi connectivity index (χ3v) is 6.01. The van der Waals surface area contributed by atoms with Crippen molar-refractivity contribution in [2.75, 3.05) is 43.4 Å². The number of carbonyl (C=O) groups excluding carboxylic acids is 1. The minimum atomic E-state index is -4.15. The van der Waals surface area contributed by atoms with Gasteiger partial charge in [-0.2, -0.15) is 18.1 Å². The average Bonchev–Trinajstić information content (AvgIpc) is 2.72. The van der Waals surface area contributed by atoms with Gasteiger partial charge in [-0.25, -0.2) is 4.79 Å². The highest BCUT2D eigenvalue weighted by molar-refractivity contribution is 5.96. The van der Waals surface area contributed by atoms with Crippen molar-refractivity contribution in [1.29, 1.82) is 0 Å². The number of piperazine rings is 1. The lowest BCUT2D eigenvalue weighted by Crippen LogP contribution is -2.44. The van der Waals surface area contributed by atoms with E-state index in [0.717, 1.165) is 31.9 Å². The van der Waals surface area contributed by atoms with Crippen LogP contribution in [0.15, 0.2) is 18.2 Å². The van der Waals surface area contributed by atoms with Gasteiger partial charge in [-0.05, 0) is 71.7 Å². The van der Waals surface area contributed by atoms with Gasteiger partial charge in [0.2, 0.25) is 0 Å². The predicted molar refractivity (Wildman–Crippen MR) is 118 cm³/mol. The summed E-state index contributed by atoms with van der Waals surface area (Å²) in [5.74, 6) is -1.88. The van der Waals surface area contributed by atoms with Crippen LogP contribution in [0.25, 0.3) is 0 Å². The molecule has 1 aromatic rings. The number of hydrogen-bond acceptors (Lipinski definition) is 6. The van der Waals surface area contributed by atoms with E-state index in [1.165, 1.54) is 0 Å². The van der Waals surface area contributed by atoms with E-state index < -0.39 is 23.7 Å². The van der Waals surface area contributed by atoms with Crippen LogP contribution in [0.5, 0.6) is 0 Å². The molecule has 2 aliphatic rings. The summed E-state index contributed by atoms with van der Waals surface area (Å²) in [6, 6.07) is 5.34. The number of nitrogens with zero attached hydrogens (tertiary/aromatic N) is 2. The number of hydrogen-bond donors (Lipinski definition) is 1. The summed E-state index contributed by atoms with van der Waals surface area (Å²) in [7, 11) is 2.08. The molecule has 1 aliphatic carbocycles. The molecule has 0 atom stereocenters. The molecule has 0 radical (unpaired) electrons. The predicted octanol–water partition coefficient (Wildman–Crippen LogP) is 4.86. The minimum absolute atomic E-state index is 0.0895. The maximum Gasteiger partial charge on any atom is 0.391 e. The first-order valence-corrected chi connectivity index (χ1v) is 11.2. The molecular formula is C23H34F3N3O3. The fraction of sp³-hybridized carbons (Fsp3) is 0.696. The quantitative estimate of drug-likeness (QED) is 0.504. The van der Waals surface area contributed by atoms with Crippen LogP contribution < -0.4 is 10.2 Å². The zero-order valence-corrected chi connectivity index (χ0v) is 19.3. The topological polar surface area (TPSA) is 54.0 Å². The maximum absolute atomic E-state index is 13.0. The molecule has 0 spiro atoms. The SMILES string of the molecule is CN1CCN(c2ccc(C(=O)OOC(C)(C)C)c(NC3CCC(C(F)(F)F)CC3)c2)CC1. The Morgan fingerprint density at radius 1 is 1.03 bits per heavy atom. The van der Waals surface area contributed by atoms with Crippen LogP contribution in [0.3, 0.4) is 0 Å². The van der Waals surface area contributed by atoms with Crippen LogP contribution in [0.1, 0.15) is 56.8 Å². The lowest BCUT2D eigenvalue weighted by atomic mass is 9.85. The number of nitrogens with one attached hydrogen (secondary N) is 1. The summed E-state index contributed by atoms with van der Waals surface area (Å²) in [6.45, 7) is 8.92. The Hall–Kier alpha value is -2.00. The molecule has 0 bridgehead atoms. The van der Waals surface area contributed by atoms with Gasteiger partial charge in [0.05, 0.1) is 17.2 Å². The van der Waals surface area contributed by atoms with Gasteiger partial charge in [-0.15, -0.1) is 0 Å². The molecule has 0 amide bonds. The normalized spacial score (nSPS) is 23.2. The van der Waals surface area contributed by atoms with Crippen molar-refractivity contribution in [3.8, 4) is 0 Å². The third-order valence-electron chi connectivity index (χ3n) is 6.01. The number of alkyl halides is 3. The van der Waals surface area contributed by atoms with Gasteiger partial charge >= 0.3 is 12.1 Å². The monoisotopic (exact) mass is 457 g/mol. The second-order valence-corrected chi connectivity index (χ2v) is 9.82. The smallest absolute Gasteiger partial charge is 0.382 e. The molecule has 32 heavy (non-hydrogen) atoms. The number of carbonyl (C=O) groups is 1. The Kier molecular flexibility index (Phi) is 7.60. The molecule has 0 unspecified atom stereocenters. The summed E-state index contributed by atoms with van der Waals surface area (Å²) in [5, 5.41) is 3.33. The molecule has 1 saturated heterocycles. The van der Waals surface area contributed by atoms with Crippen LogP contribution >= 0.6 is 0 Å². The first-order chi connectivity index (χ1) is 14.9. The lowest BCUT2D eigenvalue weighted by Gasteiger charge is -2.35. The van der Waals surface area contributed by atoms with Crippen molar-refractivity contribution < 1.29 is 27.7 Å². The fourth-order valence-electron chi connectivity index (χ4n) is 4.08. The molecule has 2 fully saturated rings. The van der Waals surface area contributed by atoms with E-state index in [-0.39, 0.29) is 18.9 Å². The van der Waals surface area contributed by atoms with E-state index in [1.807, 2.05) is 12.1 Å². The van der Waals surface area contributed by atoms with Crippen LogP contribution in [-0.4, -0.2) is 61.9 Å². The summed E-state index contributed by atoms with van der Waals surface area (Å²) < 4.78 is 39.1. The average molecular weight is 458 g/mol. The van der Waals surface area contributed by atoms with Crippen LogP contribution in [-0.2, 0) is 9.78 Å².